The fourth-order valence-corrected chi connectivity index (χ4v) is 4.43. The van der Waals surface area contributed by atoms with E-state index in [-0.39, 0.29) is 16.3 Å². The first-order chi connectivity index (χ1) is 10.3. The smallest absolute Gasteiger partial charge is 0.282 e. The van der Waals surface area contributed by atoms with E-state index in [2.05, 4.69) is 0 Å². The lowest BCUT2D eigenvalue weighted by atomic mass is 10.1. The molecule has 0 spiro atoms. The van der Waals surface area contributed by atoms with Crippen LogP contribution in [0.4, 0.5) is 0 Å². The second-order valence-corrected chi connectivity index (χ2v) is 9.89. The highest BCUT2D eigenvalue weighted by Crippen LogP contribution is 2.30. The van der Waals surface area contributed by atoms with Gasteiger partial charge in [0.1, 0.15) is 9.79 Å². The quantitative estimate of drug-likeness (QED) is 0.744. The molecular weight excluding hydrogens is 368 g/mol. The van der Waals surface area contributed by atoms with Gasteiger partial charge in [-0.2, -0.15) is 16.8 Å². The summed E-state index contributed by atoms with van der Waals surface area (Å²) in [6.45, 7) is 0. The third-order valence-electron chi connectivity index (χ3n) is 2.96. The minimum absolute atomic E-state index is 0.0382. The maximum atomic E-state index is 11.5. The Hall–Kier alpha value is -1.53. The van der Waals surface area contributed by atoms with Gasteiger partial charge in [-0.1, -0.05) is 12.1 Å². The van der Waals surface area contributed by atoms with Crippen LogP contribution < -0.4 is 0 Å². The summed E-state index contributed by atoms with van der Waals surface area (Å²) in [5.74, 6) is -0.564. The molecule has 11 heteroatoms. The van der Waals surface area contributed by atoms with Gasteiger partial charge < -0.3 is 0 Å². The van der Waals surface area contributed by atoms with Crippen molar-refractivity contribution in [3.8, 4) is 0 Å². The van der Waals surface area contributed by atoms with Crippen molar-refractivity contribution in [2.75, 3.05) is 6.26 Å². The van der Waals surface area contributed by atoms with Gasteiger partial charge in [0, 0.05) is 17.0 Å². The second kappa shape index (κ2) is 5.53. The largest absolute Gasteiger partial charge is 0.295 e. The highest BCUT2D eigenvalue weighted by atomic mass is 32.2. The first-order valence-electron chi connectivity index (χ1n) is 5.97. The van der Waals surface area contributed by atoms with Crippen molar-refractivity contribution in [1.29, 1.82) is 0 Å². The standard InChI is InChI=1S/C12H12O8S3/c1-21(13,14)7-8-5-10-9(12(6-8)23(18,19)20)3-2-4-11(10)22(15,16)17/h2-6H,7H2,1H3,(H,15,16,17)(H,18,19,20). The number of hydrogen-bond donors (Lipinski definition) is 2. The molecule has 0 bridgehead atoms. The summed E-state index contributed by atoms with van der Waals surface area (Å²) in [4.78, 5) is -1.23. The molecule has 0 unspecified atom stereocenters. The molecule has 0 radical (unpaired) electrons. The van der Waals surface area contributed by atoms with Crippen molar-refractivity contribution in [3.63, 3.8) is 0 Å². The van der Waals surface area contributed by atoms with Crippen LogP contribution in [0, 0.1) is 0 Å². The SMILES string of the molecule is CS(=O)(=O)Cc1cc(S(=O)(=O)O)c2cccc(S(=O)(=O)O)c2c1. The highest BCUT2D eigenvalue weighted by Gasteiger charge is 2.21. The van der Waals surface area contributed by atoms with E-state index >= 15 is 0 Å². The summed E-state index contributed by atoms with van der Waals surface area (Å²) in [6, 6.07) is 5.56. The Bertz CT molecular complexity index is 1100. The molecule has 2 aromatic carbocycles. The van der Waals surface area contributed by atoms with Crippen molar-refractivity contribution in [2.24, 2.45) is 0 Å². The van der Waals surface area contributed by atoms with Crippen LogP contribution >= 0.6 is 0 Å². The van der Waals surface area contributed by atoms with Crippen LogP contribution in [0.1, 0.15) is 5.56 Å². The molecule has 2 N–H and O–H groups in total. The third-order valence-corrected chi connectivity index (χ3v) is 5.63. The minimum atomic E-state index is -4.74. The van der Waals surface area contributed by atoms with Gasteiger partial charge >= 0.3 is 0 Å². The molecule has 0 aliphatic carbocycles. The van der Waals surface area contributed by atoms with Gasteiger partial charge in [0.05, 0.1) is 5.75 Å². The molecule has 2 rings (SSSR count). The molecule has 23 heavy (non-hydrogen) atoms. The molecule has 0 fully saturated rings. The molecule has 0 aromatic heterocycles. The maximum Gasteiger partial charge on any atom is 0.295 e. The van der Waals surface area contributed by atoms with Crippen molar-refractivity contribution >= 4 is 40.8 Å². The third kappa shape index (κ3) is 4.06. The lowest BCUT2D eigenvalue weighted by molar-refractivity contribution is 0.481. The average Bonchev–Trinajstić information content (AvgIpc) is 2.32. The Morgan fingerprint density at radius 1 is 0.826 bits per heavy atom. The van der Waals surface area contributed by atoms with Gasteiger partial charge in [-0.15, -0.1) is 0 Å². The van der Waals surface area contributed by atoms with E-state index in [1.54, 1.807) is 0 Å². The van der Waals surface area contributed by atoms with Crippen LogP contribution in [-0.4, -0.2) is 40.6 Å². The molecule has 0 aliphatic rings. The van der Waals surface area contributed by atoms with E-state index in [4.69, 9.17) is 0 Å². The second-order valence-electron chi connectivity index (χ2n) is 4.97. The molecule has 8 nitrogen and oxygen atoms in total. The molecule has 0 atom stereocenters. The number of fused-ring (bicyclic) bond motifs is 1. The van der Waals surface area contributed by atoms with Crippen molar-refractivity contribution in [2.45, 2.75) is 15.5 Å². The van der Waals surface area contributed by atoms with Crippen molar-refractivity contribution in [3.05, 3.63) is 35.9 Å². The normalized spacial score (nSPS) is 13.3. The van der Waals surface area contributed by atoms with Gasteiger partial charge in [-0.3, -0.25) is 9.11 Å². The summed E-state index contributed by atoms with van der Waals surface area (Å²) < 4.78 is 87.3. The summed E-state index contributed by atoms with van der Waals surface area (Å²) in [5, 5.41) is -0.358. The fourth-order valence-electron chi connectivity index (χ4n) is 2.21. The van der Waals surface area contributed by atoms with E-state index in [0.29, 0.717) is 0 Å². The van der Waals surface area contributed by atoms with Crippen LogP contribution in [-0.2, 0) is 35.8 Å². The van der Waals surface area contributed by atoms with Gasteiger partial charge in [0.25, 0.3) is 20.2 Å². The number of rotatable bonds is 4. The van der Waals surface area contributed by atoms with Crippen LogP contribution in [0.5, 0.6) is 0 Å². The first kappa shape index (κ1) is 17.8. The number of benzene rings is 2. The Morgan fingerprint density at radius 3 is 1.87 bits per heavy atom. The van der Waals surface area contributed by atoms with Crippen molar-refractivity contribution < 1.29 is 34.4 Å². The monoisotopic (exact) mass is 380 g/mol. The Balaban J connectivity index is 3.00. The van der Waals surface area contributed by atoms with E-state index in [1.807, 2.05) is 0 Å². The zero-order chi connectivity index (χ0) is 17.6. The molecule has 0 saturated heterocycles. The molecule has 126 valence electrons. The Morgan fingerprint density at radius 2 is 1.39 bits per heavy atom. The Labute approximate surface area is 133 Å². The van der Waals surface area contributed by atoms with Crippen LogP contribution in [0.3, 0.4) is 0 Å². The molecule has 0 amide bonds. The van der Waals surface area contributed by atoms with E-state index in [9.17, 15) is 34.4 Å². The van der Waals surface area contributed by atoms with Crippen molar-refractivity contribution in [1.82, 2.24) is 0 Å². The lowest BCUT2D eigenvalue weighted by Crippen LogP contribution is -2.06. The lowest BCUT2D eigenvalue weighted by Gasteiger charge is -2.10. The molecular formula is C12H12O8S3. The molecule has 0 aliphatic heterocycles. The highest BCUT2D eigenvalue weighted by molar-refractivity contribution is 7.89. The van der Waals surface area contributed by atoms with Crippen LogP contribution in [0.15, 0.2) is 40.1 Å². The van der Waals surface area contributed by atoms with Crippen LogP contribution in [0.2, 0.25) is 0 Å². The van der Waals surface area contributed by atoms with Gasteiger partial charge in [0.2, 0.25) is 0 Å². The Kier molecular flexibility index (Phi) is 4.28. The predicted octanol–water partition coefficient (Wildman–Crippen LogP) is 0.878. The maximum absolute atomic E-state index is 11.5. The van der Waals surface area contributed by atoms with Gasteiger partial charge in [-0.25, -0.2) is 8.42 Å². The molecule has 0 saturated carbocycles. The van der Waals surface area contributed by atoms with E-state index < -0.39 is 45.6 Å². The summed E-state index contributed by atoms with van der Waals surface area (Å²) in [6.07, 6.45) is 0.916. The summed E-state index contributed by atoms with van der Waals surface area (Å²) in [5.41, 5.74) is -0.0382. The van der Waals surface area contributed by atoms with E-state index in [1.165, 1.54) is 12.1 Å². The number of sulfone groups is 1. The first-order valence-corrected chi connectivity index (χ1v) is 10.9. The van der Waals surface area contributed by atoms with Crippen LogP contribution in [0.25, 0.3) is 10.8 Å². The average molecular weight is 380 g/mol. The van der Waals surface area contributed by atoms with E-state index in [0.717, 1.165) is 24.5 Å². The van der Waals surface area contributed by atoms with Gasteiger partial charge in [0.15, 0.2) is 9.84 Å². The summed E-state index contributed by atoms with van der Waals surface area (Å²) in [7, 11) is -13.0. The minimum Gasteiger partial charge on any atom is -0.282 e. The topological polar surface area (TPSA) is 143 Å². The predicted molar refractivity (Wildman–Crippen MR) is 82.1 cm³/mol. The molecule has 2 aromatic rings. The van der Waals surface area contributed by atoms with Gasteiger partial charge in [-0.05, 0) is 23.8 Å². The zero-order valence-electron chi connectivity index (χ0n) is 11.7. The summed E-state index contributed by atoms with van der Waals surface area (Å²) >= 11 is 0. The fraction of sp³-hybridized carbons (Fsp3) is 0.167. The number of hydrogen-bond acceptors (Lipinski definition) is 6. The molecule has 0 heterocycles. The zero-order valence-corrected chi connectivity index (χ0v) is 14.1.